The van der Waals surface area contributed by atoms with Gasteiger partial charge in [-0.3, -0.25) is 9.78 Å². The Labute approximate surface area is 142 Å². The van der Waals surface area contributed by atoms with Gasteiger partial charge in [0.05, 0.1) is 0 Å². The lowest BCUT2D eigenvalue weighted by Gasteiger charge is -2.23. The largest absolute Gasteiger partial charge is 0.363 e. The number of hydrogen-bond acceptors (Lipinski definition) is 6. The summed E-state index contributed by atoms with van der Waals surface area (Å²) in [4.78, 5) is 31.3. The highest BCUT2D eigenvalue weighted by Gasteiger charge is 2.21. The van der Waals surface area contributed by atoms with Gasteiger partial charge in [-0.25, -0.2) is 9.97 Å². The summed E-state index contributed by atoms with van der Waals surface area (Å²) in [6.07, 6.45) is 5.82. The van der Waals surface area contributed by atoms with Crippen molar-refractivity contribution in [2.45, 2.75) is 6.42 Å². The Kier molecular flexibility index (Phi) is 4.88. The minimum atomic E-state index is 0.0657. The van der Waals surface area contributed by atoms with Crippen LogP contribution in [0.3, 0.4) is 0 Å². The van der Waals surface area contributed by atoms with Crippen molar-refractivity contribution in [3.8, 4) is 0 Å². The highest BCUT2D eigenvalue weighted by molar-refractivity contribution is 5.94. The second-order valence-corrected chi connectivity index (χ2v) is 6.00. The van der Waals surface area contributed by atoms with Crippen LogP contribution in [-0.4, -0.2) is 66.0 Å². The van der Waals surface area contributed by atoms with Crippen molar-refractivity contribution in [1.82, 2.24) is 19.9 Å². The number of pyridine rings is 1. The van der Waals surface area contributed by atoms with Crippen molar-refractivity contribution < 1.29 is 4.79 Å². The van der Waals surface area contributed by atoms with E-state index in [9.17, 15) is 4.79 Å². The number of anilines is 2. The molecule has 0 bridgehead atoms. The number of aromatic nitrogens is 3. The predicted octanol–water partition coefficient (Wildman–Crippen LogP) is 1.29. The Hall–Kier alpha value is -2.70. The van der Waals surface area contributed by atoms with Crippen LogP contribution in [0.5, 0.6) is 0 Å². The van der Waals surface area contributed by atoms with E-state index in [4.69, 9.17) is 0 Å². The smallest absolute Gasteiger partial charge is 0.254 e. The highest BCUT2D eigenvalue weighted by Crippen LogP contribution is 2.18. The third kappa shape index (κ3) is 3.61. The van der Waals surface area contributed by atoms with Gasteiger partial charge in [0.15, 0.2) is 0 Å². The first kappa shape index (κ1) is 16.2. The normalized spacial score (nSPS) is 15.1. The SMILES string of the molecule is CN(C)c1cc(N2CCCN(C(=O)c3ccncc3)CC2)ncn1. The molecule has 1 amide bonds. The average molecular weight is 326 g/mol. The Balaban J connectivity index is 1.69. The molecule has 1 fully saturated rings. The second-order valence-electron chi connectivity index (χ2n) is 6.00. The molecular weight excluding hydrogens is 304 g/mol. The minimum Gasteiger partial charge on any atom is -0.363 e. The molecule has 0 aliphatic carbocycles. The lowest BCUT2D eigenvalue weighted by molar-refractivity contribution is 0.0767. The van der Waals surface area contributed by atoms with Crippen LogP contribution >= 0.6 is 0 Å². The summed E-state index contributed by atoms with van der Waals surface area (Å²) >= 11 is 0. The molecule has 0 saturated carbocycles. The summed E-state index contributed by atoms with van der Waals surface area (Å²) in [5.74, 6) is 1.86. The van der Waals surface area contributed by atoms with Crippen LogP contribution < -0.4 is 9.80 Å². The molecule has 1 saturated heterocycles. The van der Waals surface area contributed by atoms with E-state index in [0.717, 1.165) is 37.7 Å². The highest BCUT2D eigenvalue weighted by atomic mass is 16.2. The van der Waals surface area contributed by atoms with E-state index >= 15 is 0 Å². The average Bonchev–Trinajstić information content (AvgIpc) is 2.88. The van der Waals surface area contributed by atoms with E-state index < -0.39 is 0 Å². The van der Waals surface area contributed by atoms with Crippen LogP contribution in [0, 0.1) is 0 Å². The van der Waals surface area contributed by atoms with Crippen molar-refractivity contribution in [1.29, 1.82) is 0 Å². The number of carbonyl (C=O) groups excluding carboxylic acids is 1. The van der Waals surface area contributed by atoms with E-state index in [2.05, 4.69) is 19.9 Å². The maximum atomic E-state index is 12.6. The van der Waals surface area contributed by atoms with Crippen molar-refractivity contribution in [2.24, 2.45) is 0 Å². The number of hydrogen-bond donors (Lipinski definition) is 0. The van der Waals surface area contributed by atoms with Gasteiger partial charge in [-0.05, 0) is 18.6 Å². The summed E-state index contributed by atoms with van der Waals surface area (Å²) in [7, 11) is 3.92. The first-order valence-corrected chi connectivity index (χ1v) is 8.09. The molecule has 3 heterocycles. The van der Waals surface area contributed by atoms with Crippen molar-refractivity contribution >= 4 is 17.5 Å². The van der Waals surface area contributed by atoms with Gasteiger partial charge < -0.3 is 14.7 Å². The lowest BCUT2D eigenvalue weighted by atomic mass is 10.2. The van der Waals surface area contributed by atoms with Crippen LogP contribution in [-0.2, 0) is 0 Å². The summed E-state index contributed by atoms with van der Waals surface area (Å²) < 4.78 is 0. The fourth-order valence-corrected chi connectivity index (χ4v) is 2.78. The van der Waals surface area contributed by atoms with Crippen LogP contribution in [0.25, 0.3) is 0 Å². The van der Waals surface area contributed by atoms with E-state index in [0.29, 0.717) is 12.1 Å². The number of nitrogens with zero attached hydrogens (tertiary/aromatic N) is 6. The summed E-state index contributed by atoms with van der Waals surface area (Å²) in [6, 6.07) is 5.51. The fourth-order valence-electron chi connectivity index (χ4n) is 2.78. The van der Waals surface area contributed by atoms with Gasteiger partial charge in [-0.2, -0.15) is 0 Å². The van der Waals surface area contributed by atoms with Crippen molar-refractivity contribution in [3.05, 3.63) is 42.5 Å². The maximum absolute atomic E-state index is 12.6. The quantitative estimate of drug-likeness (QED) is 0.847. The Morgan fingerprint density at radius 3 is 2.62 bits per heavy atom. The molecule has 2 aromatic rings. The summed E-state index contributed by atoms with van der Waals surface area (Å²) in [6.45, 7) is 3.08. The van der Waals surface area contributed by atoms with Gasteiger partial charge in [0.2, 0.25) is 0 Å². The van der Waals surface area contributed by atoms with E-state index in [1.54, 1.807) is 30.9 Å². The Morgan fingerprint density at radius 1 is 1.08 bits per heavy atom. The molecule has 0 aromatic carbocycles. The number of amides is 1. The lowest BCUT2D eigenvalue weighted by Crippen LogP contribution is -2.35. The molecule has 2 aromatic heterocycles. The first-order chi connectivity index (χ1) is 11.6. The molecule has 3 rings (SSSR count). The van der Waals surface area contributed by atoms with Gasteiger partial charge >= 0.3 is 0 Å². The molecule has 0 unspecified atom stereocenters. The maximum Gasteiger partial charge on any atom is 0.254 e. The van der Waals surface area contributed by atoms with E-state index in [-0.39, 0.29) is 5.91 Å². The summed E-state index contributed by atoms with van der Waals surface area (Å²) in [5, 5.41) is 0. The molecule has 0 radical (unpaired) electrons. The van der Waals surface area contributed by atoms with Crippen LogP contribution in [0.15, 0.2) is 36.9 Å². The molecule has 0 spiro atoms. The molecule has 0 atom stereocenters. The zero-order valence-corrected chi connectivity index (χ0v) is 14.1. The summed E-state index contributed by atoms with van der Waals surface area (Å²) in [5.41, 5.74) is 0.690. The van der Waals surface area contributed by atoms with Crippen LogP contribution in [0.1, 0.15) is 16.8 Å². The van der Waals surface area contributed by atoms with E-state index in [1.165, 1.54) is 0 Å². The minimum absolute atomic E-state index is 0.0657. The van der Waals surface area contributed by atoms with Gasteiger partial charge in [0.25, 0.3) is 5.91 Å². The topological polar surface area (TPSA) is 65.5 Å². The van der Waals surface area contributed by atoms with Crippen molar-refractivity contribution in [2.75, 3.05) is 50.1 Å². The van der Waals surface area contributed by atoms with E-state index in [1.807, 2.05) is 30.0 Å². The molecule has 7 heteroatoms. The molecule has 1 aliphatic rings. The van der Waals surface area contributed by atoms with Gasteiger partial charge in [0, 0.05) is 64.3 Å². The molecule has 0 N–H and O–H groups in total. The van der Waals surface area contributed by atoms with Gasteiger partial charge in [-0.1, -0.05) is 0 Å². The monoisotopic (exact) mass is 326 g/mol. The fraction of sp³-hybridized carbons (Fsp3) is 0.412. The standard InChI is InChI=1S/C17H22N6O/c1-21(2)15-12-16(20-13-19-15)22-8-3-9-23(11-10-22)17(24)14-4-6-18-7-5-14/h4-7,12-13H,3,8-11H2,1-2H3. The predicted molar refractivity (Wildman–Crippen MR) is 93.3 cm³/mol. The molecule has 1 aliphatic heterocycles. The van der Waals surface area contributed by atoms with Gasteiger partial charge in [-0.15, -0.1) is 0 Å². The third-order valence-corrected chi connectivity index (χ3v) is 4.13. The number of rotatable bonds is 3. The van der Waals surface area contributed by atoms with Crippen molar-refractivity contribution in [3.63, 3.8) is 0 Å². The van der Waals surface area contributed by atoms with Crippen LogP contribution in [0.2, 0.25) is 0 Å². The van der Waals surface area contributed by atoms with Gasteiger partial charge in [0.1, 0.15) is 18.0 Å². The first-order valence-electron chi connectivity index (χ1n) is 8.09. The molecule has 7 nitrogen and oxygen atoms in total. The Bertz CT molecular complexity index is 690. The second kappa shape index (κ2) is 7.25. The number of carbonyl (C=O) groups is 1. The third-order valence-electron chi connectivity index (χ3n) is 4.13. The molecule has 24 heavy (non-hydrogen) atoms. The zero-order chi connectivity index (χ0) is 16.9. The molecule has 126 valence electrons. The molecular formula is C17H22N6O. The Morgan fingerprint density at radius 2 is 1.88 bits per heavy atom. The zero-order valence-electron chi connectivity index (χ0n) is 14.1. The van der Waals surface area contributed by atoms with Crippen LogP contribution in [0.4, 0.5) is 11.6 Å².